The van der Waals surface area contributed by atoms with Crippen LogP contribution in [0.4, 0.5) is 0 Å². The van der Waals surface area contributed by atoms with Crippen molar-refractivity contribution in [2.24, 2.45) is 17.8 Å². The molecule has 2 nitrogen and oxygen atoms in total. The summed E-state index contributed by atoms with van der Waals surface area (Å²) < 4.78 is 5.94. The monoisotopic (exact) mass is 273 g/mol. The number of hydrogen-bond donors (Lipinski definition) is 0. The summed E-state index contributed by atoms with van der Waals surface area (Å²) in [6.07, 6.45) is 5.53. The maximum atomic E-state index is 5.94. The van der Waals surface area contributed by atoms with Crippen molar-refractivity contribution in [3.63, 3.8) is 0 Å². The van der Waals surface area contributed by atoms with Crippen molar-refractivity contribution in [3.8, 4) is 5.75 Å². The van der Waals surface area contributed by atoms with E-state index in [-0.39, 0.29) is 0 Å². The fraction of sp³-hybridized carbons (Fsp3) is 0.667. The predicted octanol–water partition coefficient (Wildman–Crippen LogP) is 3.74. The van der Waals surface area contributed by atoms with E-state index in [0.29, 0.717) is 0 Å². The minimum absolute atomic E-state index is 0.879. The van der Waals surface area contributed by atoms with Crippen LogP contribution in [0, 0.1) is 24.7 Å². The van der Waals surface area contributed by atoms with Gasteiger partial charge in [0.2, 0.25) is 0 Å². The molecule has 2 bridgehead atoms. The maximum absolute atomic E-state index is 5.94. The highest BCUT2D eigenvalue weighted by Crippen LogP contribution is 2.41. The van der Waals surface area contributed by atoms with Crippen molar-refractivity contribution >= 4 is 0 Å². The number of likely N-dealkylation sites (tertiary alicyclic amines) is 1. The van der Waals surface area contributed by atoms with Gasteiger partial charge in [0.05, 0.1) is 6.61 Å². The molecule has 1 aliphatic heterocycles. The molecule has 2 unspecified atom stereocenters. The van der Waals surface area contributed by atoms with Crippen LogP contribution in [0.1, 0.15) is 31.2 Å². The third kappa shape index (κ3) is 3.17. The lowest BCUT2D eigenvalue weighted by Crippen LogP contribution is -2.47. The van der Waals surface area contributed by atoms with Crippen molar-refractivity contribution in [1.29, 1.82) is 0 Å². The number of benzene rings is 1. The summed E-state index contributed by atoms with van der Waals surface area (Å²) >= 11 is 0. The number of piperidine rings is 1. The molecule has 1 heterocycles. The Bertz CT molecular complexity index is 414. The zero-order valence-corrected chi connectivity index (χ0v) is 12.8. The van der Waals surface area contributed by atoms with E-state index < -0.39 is 0 Å². The first kappa shape index (κ1) is 13.9. The van der Waals surface area contributed by atoms with Gasteiger partial charge in [0.1, 0.15) is 5.75 Å². The van der Waals surface area contributed by atoms with E-state index in [0.717, 1.165) is 30.1 Å². The Labute approximate surface area is 123 Å². The van der Waals surface area contributed by atoms with Crippen molar-refractivity contribution in [2.45, 2.75) is 32.6 Å². The van der Waals surface area contributed by atoms with Gasteiger partial charge in [-0.05, 0) is 63.1 Å². The van der Waals surface area contributed by atoms with Gasteiger partial charge in [-0.2, -0.15) is 0 Å². The first-order valence-corrected chi connectivity index (χ1v) is 8.10. The highest BCUT2D eigenvalue weighted by molar-refractivity contribution is 5.26. The fourth-order valence-corrected chi connectivity index (χ4v) is 4.20. The average molecular weight is 273 g/mol. The Kier molecular flexibility index (Phi) is 4.30. The Morgan fingerprint density at radius 1 is 1.10 bits per heavy atom. The van der Waals surface area contributed by atoms with Gasteiger partial charge in [-0.15, -0.1) is 0 Å². The summed E-state index contributed by atoms with van der Waals surface area (Å²) in [6, 6.07) is 8.43. The first-order valence-electron chi connectivity index (χ1n) is 8.10. The normalized spacial score (nSPS) is 30.2. The molecule has 2 aliphatic rings. The molecule has 0 aromatic heterocycles. The lowest BCUT2D eigenvalue weighted by atomic mass is 9.68. The summed E-state index contributed by atoms with van der Waals surface area (Å²) in [5, 5.41) is 0. The van der Waals surface area contributed by atoms with Gasteiger partial charge < -0.3 is 9.64 Å². The van der Waals surface area contributed by atoms with E-state index in [1.165, 1.54) is 44.3 Å². The summed E-state index contributed by atoms with van der Waals surface area (Å²) in [5.74, 6) is 3.74. The molecule has 1 saturated heterocycles. The highest BCUT2D eigenvalue weighted by Gasteiger charge is 2.37. The number of aryl methyl sites for hydroxylation is 1. The van der Waals surface area contributed by atoms with Gasteiger partial charge in [-0.1, -0.05) is 24.1 Å². The molecule has 20 heavy (non-hydrogen) atoms. The molecule has 1 saturated carbocycles. The topological polar surface area (TPSA) is 12.5 Å². The summed E-state index contributed by atoms with van der Waals surface area (Å²) in [6.45, 7) is 5.59. The van der Waals surface area contributed by atoms with E-state index in [1.54, 1.807) is 0 Å². The molecule has 2 heteroatoms. The number of nitrogens with zero attached hydrogens (tertiary/aromatic N) is 1. The van der Waals surface area contributed by atoms with Crippen LogP contribution < -0.4 is 4.74 Å². The molecule has 110 valence electrons. The third-order valence-corrected chi connectivity index (χ3v) is 5.19. The van der Waals surface area contributed by atoms with Gasteiger partial charge in [0.15, 0.2) is 0 Å². The van der Waals surface area contributed by atoms with Crippen molar-refractivity contribution in [1.82, 2.24) is 4.90 Å². The molecular weight excluding hydrogens is 246 g/mol. The molecule has 2 atom stereocenters. The molecule has 1 aromatic rings. The fourth-order valence-electron chi connectivity index (χ4n) is 4.20. The maximum Gasteiger partial charge on any atom is 0.119 e. The predicted molar refractivity (Wildman–Crippen MR) is 83.1 cm³/mol. The zero-order valence-electron chi connectivity index (χ0n) is 12.8. The second-order valence-electron chi connectivity index (χ2n) is 6.79. The van der Waals surface area contributed by atoms with E-state index in [2.05, 4.69) is 43.1 Å². The summed E-state index contributed by atoms with van der Waals surface area (Å²) in [7, 11) is 2.28. The smallest absolute Gasteiger partial charge is 0.119 e. The molecule has 0 spiro atoms. The summed E-state index contributed by atoms with van der Waals surface area (Å²) in [4.78, 5) is 2.53. The second kappa shape index (κ2) is 6.17. The SMILES string of the molecule is Cc1ccc(OCCC2C3CCCC2CN(C)C3)cc1. The quantitative estimate of drug-likeness (QED) is 0.828. The van der Waals surface area contributed by atoms with E-state index in [9.17, 15) is 0 Å². The number of ether oxygens (including phenoxy) is 1. The van der Waals surface area contributed by atoms with Gasteiger partial charge in [0, 0.05) is 13.1 Å². The first-order chi connectivity index (χ1) is 9.72. The highest BCUT2D eigenvalue weighted by atomic mass is 16.5. The van der Waals surface area contributed by atoms with Gasteiger partial charge in [-0.25, -0.2) is 0 Å². The standard InChI is InChI=1S/C18H27NO/c1-14-6-8-17(9-7-14)20-11-10-18-15-4-3-5-16(18)13-19(2)12-15/h6-9,15-16,18H,3-5,10-13H2,1-2H3. The van der Waals surface area contributed by atoms with E-state index in [1.807, 2.05) is 0 Å². The van der Waals surface area contributed by atoms with Crippen molar-refractivity contribution < 1.29 is 4.74 Å². The zero-order chi connectivity index (χ0) is 13.9. The second-order valence-corrected chi connectivity index (χ2v) is 6.79. The van der Waals surface area contributed by atoms with Crippen LogP contribution in [0.5, 0.6) is 5.75 Å². The molecule has 3 rings (SSSR count). The van der Waals surface area contributed by atoms with Crippen LogP contribution in [0.3, 0.4) is 0 Å². The lowest BCUT2D eigenvalue weighted by Gasteiger charge is -2.46. The molecule has 0 radical (unpaired) electrons. The average Bonchev–Trinajstić information content (AvgIpc) is 2.41. The van der Waals surface area contributed by atoms with Crippen LogP contribution in [-0.2, 0) is 0 Å². The van der Waals surface area contributed by atoms with Gasteiger partial charge in [0.25, 0.3) is 0 Å². The van der Waals surface area contributed by atoms with Crippen LogP contribution >= 0.6 is 0 Å². The number of hydrogen-bond acceptors (Lipinski definition) is 2. The Balaban J connectivity index is 1.51. The Morgan fingerprint density at radius 3 is 2.40 bits per heavy atom. The Hall–Kier alpha value is -1.02. The van der Waals surface area contributed by atoms with E-state index in [4.69, 9.17) is 4.74 Å². The number of rotatable bonds is 4. The van der Waals surface area contributed by atoms with Crippen LogP contribution in [0.2, 0.25) is 0 Å². The minimum atomic E-state index is 0.879. The van der Waals surface area contributed by atoms with Gasteiger partial charge >= 0.3 is 0 Å². The van der Waals surface area contributed by atoms with Crippen LogP contribution in [0.15, 0.2) is 24.3 Å². The molecule has 0 amide bonds. The molecule has 1 aromatic carbocycles. The lowest BCUT2D eigenvalue weighted by molar-refractivity contribution is 0.0247. The molecule has 1 aliphatic carbocycles. The molecular formula is C18H27NO. The van der Waals surface area contributed by atoms with Gasteiger partial charge in [-0.3, -0.25) is 0 Å². The van der Waals surface area contributed by atoms with Crippen molar-refractivity contribution in [2.75, 3.05) is 26.7 Å². The molecule has 0 N–H and O–H groups in total. The number of fused-ring (bicyclic) bond motifs is 2. The minimum Gasteiger partial charge on any atom is -0.494 e. The summed E-state index contributed by atoms with van der Waals surface area (Å²) in [5.41, 5.74) is 1.29. The third-order valence-electron chi connectivity index (χ3n) is 5.19. The van der Waals surface area contributed by atoms with Crippen LogP contribution in [0.25, 0.3) is 0 Å². The Morgan fingerprint density at radius 2 is 1.75 bits per heavy atom. The van der Waals surface area contributed by atoms with Crippen LogP contribution in [-0.4, -0.2) is 31.6 Å². The largest absolute Gasteiger partial charge is 0.494 e. The van der Waals surface area contributed by atoms with Crippen molar-refractivity contribution in [3.05, 3.63) is 29.8 Å². The molecule has 2 fully saturated rings. The van der Waals surface area contributed by atoms with E-state index >= 15 is 0 Å².